The van der Waals surface area contributed by atoms with E-state index in [4.69, 9.17) is 12.2 Å². The van der Waals surface area contributed by atoms with Crippen molar-refractivity contribution in [2.45, 2.75) is 24.3 Å². The standard InChI is InChI=1S/C11H13FN2O2S/c1-3-10(4-2)14-17(15,16)11-6-8(12)5-9(13)7-11/h1,5-7,10,14H,4,13H2,2H3. The highest BCUT2D eigenvalue weighted by Crippen LogP contribution is 2.16. The van der Waals surface area contributed by atoms with Gasteiger partial charge < -0.3 is 5.73 Å². The number of nitrogens with two attached hydrogens (primary N) is 1. The molecule has 0 fully saturated rings. The molecule has 6 heteroatoms. The van der Waals surface area contributed by atoms with Crippen LogP contribution in [-0.4, -0.2) is 14.5 Å². The van der Waals surface area contributed by atoms with E-state index in [1.54, 1.807) is 6.92 Å². The summed E-state index contributed by atoms with van der Waals surface area (Å²) < 4.78 is 39.0. The summed E-state index contributed by atoms with van der Waals surface area (Å²) in [6.07, 6.45) is 5.60. The van der Waals surface area contributed by atoms with E-state index in [9.17, 15) is 12.8 Å². The number of hydrogen-bond donors (Lipinski definition) is 2. The number of hydrogen-bond acceptors (Lipinski definition) is 3. The van der Waals surface area contributed by atoms with E-state index < -0.39 is 21.9 Å². The van der Waals surface area contributed by atoms with Gasteiger partial charge in [0.05, 0.1) is 10.9 Å². The van der Waals surface area contributed by atoms with Crippen molar-refractivity contribution in [3.8, 4) is 12.3 Å². The molecule has 3 N–H and O–H groups in total. The lowest BCUT2D eigenvalue weighted by Gasteiger charge is -2.11. The molecular weight excluding hydrogens is 243 g/mol. The zero-order chi connectivity index (χ0) is 13.1. The fourth-order valence-electron chi connectivity index (χ4n) is 1.23. The molecule has 1 unspecified atom stereocenters. The van der Waals surface area contributed by atoms with Gasteiger partial charge in [0.2, 0.25) is 10.0 Å². The number of anilines is 1. The number of benzene rings is 1. The molecule has 0 aromatic heterocycles. The zero-order valence-corrected chi connectivity index (χ0v) is 10.1. The number of nitrogens with one attached hydrogen (secondary N) is 1. The molecule has 0 saturated heterocycles. The zero-order valence-electron chi connectivity index (χ0n) is 9.27. The first-order valence-corrected chi connectivity index (χ1v) is 6.42. The second-order valence-corrected chi connectivity index (χ2v) is 5.18. The van der Waals surface area contributed by atoms with Crippen LogP contribution in [0.2, 0.25) is 0 Å². The average Bonchev–Trinajstić information content (AvgIpc) is 2.24. The molecular formula is C11H13FN2O2S. The maximum atomic E-state index is 13.0. The van der Waals surface area contributed by atoms with E-state index in [2.05, 4.69) is 10.6 Å². The van der Waals surface area contributed by atoms with Gasteiger partial charge in [-0.2, -0.15) is 4.72 Å². The molecule has 0 aliphatic heterocycles. The van der Waals surface area contributed by atoms with Crippen molar-refractivity contribution in [2.75, 3.05) is 5.73 Å². The molecule has 1 aromatic rings. The third kappa shape index (κ3) is 3.44. The van der Waals surface area contributed by atoms with E-state index in [0.717, 1.165) is 12.1 Å². The quantitative estimate of drug-likeness (QED) is 0.626. The van der Waals surface area contributed by atoms with Gasteiger partial charge in [-0.25, -0.2) is 12.8 Å². The van der Waals surface area contributed by atoms with Crippen molar-refractivity contribution in [2.24, 2.45) is 0 Å². The van der Waals surface area contributed by atoms with Crippen molar-refractivity contribution >= 4 is 15.7 Å². The Bertz CT molecular complexity index is 529. The van der Waals surface area contributed by atoms with Gasteiger partial charge in [0, 0.05) is 5.69 Å². The molecule has 0 amide bonds. The molecule has 0 aliphatic carbocycles. The molecule has 4 nitrogen and oxygen atoms in total. The lowest BCUT2D eigenvalue weighted by atomic mass is 10.3. The molecule has 1 atom stereocenters. The highest BCUT2D eigenvalue weighted by Gasteiger charge is 2.18. The van der Waals surface area contributed by atoms with Crippen molar-refractivity contribution in [3.05, 3.63) is 24.0 Å². The summed E-state index contributed by atoms with van der Waals surface area (Å²) in [6.45, 7) is 1.74. The molecule has 0 radical (unpaired) electrons. The molecule has 92 valence electrons. The van der Waals surface area contributed by atoms with Crippen LogP contribution in [0, 0.1) is 18.2 Å². The van der Waals surface area contributed by atoms with Crippen LogP contribution in [0.1, 0.15) is 13.3 Å². The van der Waals surface area contributed by atoms with E-state index in [0.29, 0.717) is 6.42 Å². The number of nitrogen functional groups attached to an aromatic ring is 1. The molecule has 0 heterocycles. The SMILES string of the molecule is C#CC(CC)NS(=O)(=O)c1cc(N)cc(F)c1. The third-order valence-electron chi connectivity index (χ3n) is 2.11. The summed E-state index contributed by atoms with van der Waals surface area (Å²) in [5, 5.41) is 0. The average molecular weight is 256 g/mol. The Morgan fingerprint density at radius 3 is 2.65 bits per heavy atom. The van der Waals surface area contributed by atoms with Crippen LogP contribution in [0.5, 0.6) is 0 Å². The maximum absolute atomic E-state index is 13.0. The summed E-state index contributed by atoms with van der Waals surface area (Å²) in [7, 11) is -3.84. The molecule has 0 bridgehead atoms. The van der Waals surface area contributed by atoms with Crippen LogP contribution in [0.25, 0.3) is 0 Å². The summed E-state index contributed by atoms with van der Waals surface area (Å²) in [5.41, 5.74) is 5.42. The van der Waals surface area contributed by atoms with Gasteiger partial charge in [0.15, 0.2) is 0 Å². The Hall–Kier alpha value is -1.58. The number of terminal acetylenes is 1. The minimum Gasteiger partial charge on any atom is -0.399 e. The molecule has 0 spiro atoms. The highest BCUT2D eigenvalue weighted by atomic mass is 32.2. The normalized spacial score (nSPS) is 13.0. The Morgan fingerprint density at radius 2 is 2.18 bits per heavy atom. The molecule has 0 aliphatic rings. The maximum Gasteiger partial charge on any atom is 0.241 e. The Labute approximate surface area is 100 Å². The minimum atomic E-state index is -3.84. The van der Waals surface area contributed by atoms with Crippen LogP contribution in [-0.2, 0) is 10.0 Å². The van der Waals surface area contributed by atoms with E-state index >= 15 is 0 Å². The lowest BCUT2D eigenvalue weighted by Crippen LogP contribution is -2.33. The van der Waals surface area contributed by atoms with E-state index in [1.165, 1.54) is 6.07 Å². The van der Waals surface area contributed by atoms with Crippen LogP contribution in [0.15, 0.2) is 23.1 Å². The second-order valence-electron chi connectivity index (χ2n) is 3.47. The molecule has 1 aromatic carbocycles. The fourth-order valence-corrected chi connectivity index (χ4v) is 2.53. The van der Waals surface area contributed by atoms with Crippen molar-refractivity contribution < 1.29 is 12.8 Å². The van der Waals surface area contributed by atoms with Gasteiger partial charge in [-0.3, -0.25) is 0 Å². The minimum absolute atomic E-state index is 0.0409. The first-order valence-electron chi connectivity index (χ1n) is 4.93. The largest absolute Gasteiger partial charge is 0.399 e. The molecule has 17 heavy (non-hydrogen) atoms. The second kappa shape index (κ2) is 5.17. The van der Waals surface area contributed by atoms with Crippen LogP contribution in [0.4, 0.5) is 10.1 Å². The molecule has 1 rings (SSSR count). The number of halogens is 1. The van der Waals surface area contributed by atoms with Crippen LogP contribution < -0.4 is 10.5 Å². The van der Waals surface area contributed by atoms with Crippen molar-refractivity contribution in [3.63, 3.8) is 0 Å². The Morgan fingerprint density at radius 1 is 1.53 bits per heavy atom. The van der Waals surface area contributed by atoms with E-state index in [1.807, 2.05) is 0 Å². The highest BCUT2D eigenvalue weighted by molar-refractivity contribution is 7.89. The summed E-state index contributed by atoms with van der Waals surface area (Å²) in [6, 6.07) is 2.48. The summed E-state index contributed by atoms with van der Waals surface area (Å²) in [4.78, 5) is -0.233. The van der Waals surface area contributed by atoms with Crippen LogP contribution in [0.3, 0.4) is 0 Å². The third-order valence-corrected chi connectivity index (χ3v) is 3.56. The van der Waals surface area contributed by atoms with Gasteiger partial charge in [0.1, 0.15) is 5.82 Å². The fraction of sp³-hybridized carbons (Fsp3) is 0.273. The number of sulfonamides is 1. The summed E-state index contributed by atoms with van der Waals surface area (Å²) >= 11 is 0. The summed E-state index contributed by atoms with van der Waals surface area (Å²) in [5.74, 6) is 1.58. The van der Waals surface area contributed by atoms with Gasteiger partial charge in [-0.1, -0.05) is 12.8 Å². The monoisotopic (exact) mass is 256 g/mol. The smallest absolute Gasteiger partial charge is 0.241 e. The van der Waals surface area contributed by atoms with Crippen molar-refractivity contribution in [1.82, 2.24) is 4.72 Å². The first-order chi connectivity index (χ1) is 7.89. The van der Waals surface area contributed by atoms with Gasteiger partial charge in [-0.05, 0) is 24.6 Å². The predicted octanol–water partition coefficient (Wildman–Crippen LogP) is 1.10. The number of rotatable bonds is 4. The van der Waals surface area contributed by atoms with Gasteiger partial charge >= 0.3 is 0 Å². The topological polar surface area (TPSA) is 72.2 Å². The predicted molar refractivity (Wildman–Crippen MR) is 64.0 cm³/mol. The lowest BCUT2D eigenvalue weighted by molar-refractivity contribution is 0.567. The Kier molecular flexibility index (Phi) is 4.10. The van der Waals surface area contributed by atoms with Gasteiger partial charge in [0.25, 0.3) is 0 Å². The van der Waals surface area contributed by atoms with Crippen molar-refractivity contribution in [1.29, 1.82) is 0 Å². The molecule has 0 saturated carbocycles. The van der Waals surface area contributed by atoms with E-state index in [-0.39, 0.29) is 10.6 Å². The first kappa shape index (κ1) is 13.5. The Balaban J connectivity index is 3.10. The van der Waals surface area contributed by atoms with Crippen LogP contribution >= 0.6 is 0 Å². The van der Waals surface area contributed by atoms with Gasteiger partial charge in [-0.15, -0.1) is 6.42 Å².